The largest absolute Gasteiger partial charge is 0.346 e. The average Bonchev–Trinajstić information content (AvgIpc) is 1.64. The molecule has 5 nitrogen and oxygen atoms in total. The van der Waals surface area contributed by atoms with Crippen molar-refractivity contribution in [2.75, 3.05) is 5.90 Å². The molecule has 0 aliphatic heterocycles. The third kappa shape index (κ3) is 15.8. The van der Waals surface area contributed by atoms with E-state index in [0.717, 1.165) is 0 Å². The summed E-state index contributed by atoms with van der Waals surface area (Å²) in [7, 11) is -7.24. The lowest BCUT2D eigenvalue weighted by molar-refractivity contribution is 0.377. The lowest BCUT2D eigenvalue weighted by Gasteiger charge is -1.96. The molecule has 0 aromatic carbocycles. The Morgan fingerprint density at radius 3 is 1.70 bits per heavy atom. The van der Waals surface area contributed by atoms with Crippen LogP contribution in [0.3, 0.4) is 0 Å². The van der Waals surface area contributed by atoms with E-state index < -0.39 is 21.5 Å². The summed E-state index contributed by atoms with van der Waals surface area (Å²) in [6, 6.07) is 0. The summed E-state index contributed by atoms with van der Waals surface area (Å²) < 4.78 is 19.5. The van der Waals surface area contributed by atoms with Gasteiger partial charge >= 0.3 is 7.60 Å². The molecule has 1 atom stereocenters. The van der Waals surface area contributed by atoms with Gasteiger partial charge in [0, 0.05) is 0 Å². The zero-order valence-electron chi connectivity index (χ0n) is 5.81. The van der Waals surface area contributed by atoms with Crippen LogP contribution in [0.25, 0.3) is 0 Å². The fourth-order valence-corrected chi connectivity index (χ4v) is 1.59. The van der Waals surface area contributed by atoms with Gasteiger partial charge in [-0.05, 0) is 0 Å². The molecule has 0 aliphatic rings. The van der Waals surface area contributed by atoms with Crippen LogP contribution in [0.2, 0.25) is 0 Å². The molecule has 0 aromatic heterocycles. The zero-order chi connectivity index (χ0) is 8.78. The van der Waals surface area contributed by atoms with Crippen molar-refractivity contribution in [3.63, 3.8) is 0 Å². The van der Waals surface area contributed by atoms with Crippen LogP contribution in [-0.4, -0.2) is 20.6 Å². The zero-order valence-corrected chi connectivity index (χ0v) is 7.71. The first-order chi connectivity index (χ1) is 4.42. The molecule has 0 heterocycles. The Bertz CT molecular complexity index is 138. The molecule has 0 rings (SSSR count). The highest BCUT2D eigenvalue weighted by Gasteiger charge is 2.14. The summed E-state index contributed by atoms with van der Waals surface area (Å²) in [5.74, 6) is -0.905. The first kappa shape index (κ1) is 13.0. The first-order valence-electron chi connectivity index (χ1n) is 2.68. The van der Waals surface area contributed by atoms with Gasteiger partial charge in [-0.15, -0.1) is 0 Å². The van der Waals surface area contributed by atoms with Gasteiger partial charge in [-0.1, -0.05) is 13.8 Å². The highest BCUT2D eigenvalue weighted by Crippen LogP contribution is 2.42. The maximum absolute atomic E-state index is 9.80. The van der Waals surface area contributed by atoms with Crippen molar-refractivity contribution in [3.8, 4) is 0 Å². The van der Waals surface area contributed by atoms with Gasteiger partial charge < -0.3 is 14.7 Å². The van der Waals surface area contributed by atoms with E-state index in [-0.39, 0.29) is 0 Å². The van der Waals surface area contributed by atoms with E-state index in [0.29, 0.717) is 0 Å². The minimum absolute atomic E-state index is 0.905. The minimum Gasteiger partial charge on any atom is -0.346 e. The minimum atomic E-state index is -4.24. The molecule has 3 N–H and O–H groups in total. The molecule has 0 saturated carbocycles. The Balaban J connectivity index is 0. The van der Waals surface area contributed by atoms with Crippen molar-refractivity contribution in [1.82, 2.24) is 0 Å². The second-order valence-electron chi connectivity index (χ2n) is 1.22. The van der Waals surface area contributed by atoms with Crippen molar-refractivity contribution >= 4 is 15.6 Å². The van der Waals surface area contributed by atoms with E-state index in [1.165, 1.54) is 0 Å². The molecule has 10 heavy (non-hydrogen) atoms. The monoisotopic (exact) mass is 190 g/mol. The molecule has 64 valence electrons. The van der Waals surface area contributed by atoms with Gasteiger partial charge in [0.2, 0.25) is 8.03 Å². The van der Waals surface area contributed by atoms with Crippen LogP contribution in [0.1, 0.15) is 13.8 Å². The van der Waals surface area contributed by atoms with Crippen molar-refractivity contribution < 1.29 is 23.8 Å². The van der Waals surface area contributed by atoms with Crippen LogP contribution in [-0.2, 0) is 9.13 Å². The maximum Gasteiger partial charge on any atom is 0.334 e. The Morgan fingerprint density at radius 1 is 1.40 bits per heavy atom. The van der Waals surface area contributed by atoms with Gasteiger partial charge in [-0.3, -0.25) is 9.13 Å². The SMILES string of the molecule is CC.O=[PH](O)CP(=O)(O)O. The Kier molecular flexibility index (Phi) is 7.88. The van der Waals surface area contributed by atoms with Gasteiger partial charge in [0.05, 0.1) is 0 Å². The smallest absolute Gasteiger partial charge is 0.334 e. The molecule has 7 heteroatoms. The average molecular weight is 190 g/mol. The van der Waals surface area contributed by atoms with E-state index in [2.05, 4.69) is 0 Å². The molecule has 0 fully saturated rings. The summed E-state index contributed by atoms with van der Waals surface area (Å²) in [4.78, 5) is 23.9. The van der Waals surface area contributed by atoms with E-state index >= 15 is 0 Å². The molecule has 0 bridgehead atoms. The molecule has 0 aromatic rings. The lowest BCUT2D eigenvalue weighted by atomic mass is 11.0. The summed E-state index contributed by atoms with van der Waals surface area (Å²) in [6.45, 7) is 4.00. The third-order valence-electron chi connectivity index (χ3n) is 0.341. The molecule has 0 spiro atoms. The fourth-order valence-electron chi connectivity index (χ4n) is 0.176. The molecule has 0 saturated heterocycles. The van der Waals surface area contributed by atoms with Crippen LogP contribution < -0.4 is 0 Å². The quantitative estimate of drug-likeness (QED) is 0.554. The Morgan fingerprint density at radius 2 is 1.70 bits per heavy atom. The molecule has 1 unspecified atom stereocenters. The number of hydrogen-bond acceptors (Lipinski definition) is 2. The maximum atomic E-state index is 9.80. The van der Waals surface area contributed by atoms with Crippen LogP contribution in [0, 0.1) is 0 Å². The highest BCUT2D eigenvalue weighted by molar-refractivity contribution is 7.64. The highest BCUT2D eigenvalue weighted by atomic mass is 31.2. The van der Waals surface area contributed by atoms with Crippen LogP contribution in [0.15, 0.2) is 0 Å². The molecule has 0 aliphatic carbocycles. The van der Waals surface area contributed by atoms with Crippen molar-refractivity contribution in [3.05, 3.63) is 0 Å². The van der Waals surface area contributed by atoms with E-state index in [1.54, 1.807) is 0 Å². The van der Waals surface area contributed by atoms with Crippen molar-refractivity contribution in [1.29, 1.82) is 0 Å². The predicted octanol–water partition coefficient (Wildman–Crippen LogP) is 0.615. The molecular formula is C3H12O5P2. The van der Waals surface area contributed by atoms with Crippen molar-refractivity contribution in [2.24, 2.45) is 0 Å². The van der Waals surface area contributed by atoms with Crippen LogP contribution in [0.5, 0.6) is 0 Å². The van der Waals surface area contributed by atoms with E-state index in [1.807, 2.05) is 13.8 Å². The second-order valence-corrected chi connectivity index (χ2v) is 4.60. The van der Waals surface area contributed by atoms with Gasteiger partial charge in [-0.2, -0.15) is 0 Å². The standard InChI is InChI=1S/C2H6.CH6O5P2/c1-2;2-7(3)1-8(4,5)6/h1-2H3;7H,1H2,(H,2,3)(H2,4,5,6). The van der Waals surface area contributed by atoms with Crippen LogP contribution >= 0.6 is 15.6 Å². The normalized spacial score (nSPS) is 13.3. The van der Waals surface area contributed by atoms with E-state index in [9.17, 15) is 9.13 Å². The second kappa shape index (κ2) is 6.08. The molecule has 0 amide bonds. The van der Waals surface area contributed by atoms with Gasteiger partial charge in [0.15, 0.2) is 0 Å². The first-order valence-corrected chi connectivity index (χ1v) is 6.04. The number of hydrogen-bond donors (Lipinski definition) is 3. The topological polar surface area (TPSA) is 94.8 Å². The van der Waals surface area contributed by atoms with E-state index in [4.69, 9.17) is 14.7 Å². The predicted molar refractivity (Wildman–Crippen MR) is 39.5 cm³/mol. The van der Waals surface area contributed by atoms with Gasteiger partial charge in [-0.25, -0.2) is 0 Å². The van der Waals surface area contributed by atoms with Gasteiger partial charge in [0.25, 0.3) is 0 Å². The summed E-state index contributed by atoms with van der Waals surface area (Å²) in [6.07, 6.45) is 0. The van der Waals surface area contributed by atoms with Gasteiger partial charge in [0.1, 0.15) is 5.90 Å². The lowest BCUT2D eigenvalue weighted by Crippen LogP contribution is -1.78. The number of rotatable bonds is 2. The molecular weight excluding hydrogens is 178 g/mol. The summed E-state index contributed by atoms with van der Waals surface area (Å²) >= 11 is 0. The Hall–Kier alpha value is 0.340. The third-order valence-corrected chi connectivity index (χ3v) is 3.07. The molecule has 0 radical (unpaired) electrons. The Labute approximate surface area is 60.1 Å². The van der Waals surface area contributed by atoms with Crippen LogP contribution in [0.4, 0.5) is 0 Å². The fraction of sp³-hybridized carbons (Fsp3) is 1.00. The van der Waals surface area contributed by atoms with Crippen molar-refractivity contribution in [2.45, 2.75) is 13.8 Å². The summed E-state index contributed by atoms with van der Waals surface area (Å²) in [5, 5.41) is 0. The summed E-state index contributed by atoms with van der Waals surface area (Å²) in [5.41, 5.74) is 0.